The molecule has 4 nitrogen and oxygen atoms in total. The van der Waals surface area contributed by atoms with Crippen LogP contribution in [0, 0.1) is 0 Å². The number of benzene rings is 1. The summed E-state index contributed by atoms with van der Waals surface area (Å²) >= 11 is 0. The maximum atomic E-state index is 10.7. The summed E-state index contributed by atoms with van der Waals surface area (Å²) < 4.78 is 5.40. The second-order valence-electron chi connectivity index (χ2n) is 4.00. The molecule has 1 heterocycles. The molecule has 3 N–H and O–H groups in total. The predicted octanol–water partition coefficient (Wildman–Crippen LogP) is 1.14. The van der Waals surface area contributed by atoms with Crippen molar-refractivity contribution in [3.05, 3.63) is 29.3 Å². The van der Waals surface area contributed by atoms with Gasteiger partial charge in [-0.05, 0) is 23.7 Å². The summed E-state index contributed by atoms with van der Waals surface area (Å²) in [5, 5.41) is 8.79. The molecule has 0 aromatic heterocycles. The van der Waals surface area contributed by atoms with Crippen molar-refractivity contribution >= 4 is 5.97 Å². The zero-order valence-corrected chi connectivity index (χ0v) is 8.98. The van der Waals surface area contributed by atoms with Crippen molar-refractivity contribution in [3.8, 4) is 5.75 Å². The predicted molar refractivity (Wildman–Crippen MR) is 59.7 cm³/mol. The van der Waals surface area contributed by atoms with Crippen LogP contribution in [-0.2, 0) is 11.2 Å². The summed E-state index contributed by atoms with van der Waals surface area (Å²) in [6.45, 7) is 1.07. The highest BCUT2D eigenvalue weighted by Crippen LogP contribution is 2.29. The molecule has 0 saturated carbocycles. The molecule has 0 saturated heterocycles. The van der Waals surface area contributed by atoms with Crippen LogP contribution in [-0.4, -0.2) is 24.2 Å². The Bertz CT molecular complexity index is 403. The van der Waals surface area contributed by atoms with Crippen LogP contribution in [0.25, 0.3) is 0 Å². The SMILES string of the molecule is NCC(CC(=O)O)c1ccc2c(c1)CCO2. The zero-order chi connectivity index (χ0) is 11.5. The molecular formula is C12H15NO3. The average Bonchev–Trinajstić information content (AvgIpc) is 2.72. The van der Waals surface area contributed by atoms with E-state index in [1.54, 1.807) is 0 Å². The Labute approximate surface area is 94.0 Å². The van der Waals surface area contributed by atoms with Crippen LogP contribution in [0.3, 0.4) is 0 Å². The molecule has 4 heteroatoms. The lowest BCUT2D eigenvalue weighted by Crippen LogP contribution is -2.16. The highest BCUT2D eigenvalue weighted by atomic mass is 16.5. The molecule has 16 heavy (non-hydrogen) atoms. The van der Waals surface area contributed by atoms with Gasteiger partial charge < -0.3 is 15.6 Å². The Balaban J connectivity index is 2.21. The first-order valence-electron chi connectivity index (χ1n) is 5.38. The van der Waals surface area contributed by atoms with Crippen molar-refractivity contribution in [1.29, 1.82) is 0 Å². The minimum Gasteiger partial charge on any atom is -0.493 e. The summed E-state index contributed by atoms with van der Waals surface area (Å²) in [5.41, 5.74) is 7.75. The number of hydrogen-bond acceptors (Lipinski definition) is 3. The first kappa shape index (κ1) is 11.0. The van der Waals surface area contributed by atoms with Gasteiger partial charge in [0, 0.05) is 12.3 Å². The fraction of sp³-hybridized carbons (Fsp3) is 0.417. The van der Waals surface area contributed by atoms with Crippen molar-refractivity contribution in [2.24, 2.45) is 5.73 Å². The normalized spacial score (nSPS) is 15.3. The van der Waals surface area contributed by atoms with Crippen LogP contribution >= 0.6 is 0 Å². The second-order valence-corrected chi connectivity index (χ2v) is 4.00. The van der Waals surface area contributed by atoms with E-state index in [9.17, 15) is 4.79 Å². The van der Waals surface area contributed by atoms with Gasteiger partial charge in [0.05, 0.1) is 13.0 Å². The molecule has 0 fully saturated rings. The summed E-state index contributed by atoms with van der Waals surface area (Å²) in [7, 11) is 0. The number of rotatable bonds is 4. The van der Waals surface area contributed by atoms with E-state index >= 15 is 0 Å². The molecule has 1 aromatic carbocycles. The maximum absolute atomic E-state index is 10.7. The number of hydrogen-bond donors (Lipinski definition) is 2. The zero-order valence-electron chi connectivity index (χ0n) is 8.98. The molecule has 0 radical (unpaired) electrons. The number of aliphatic carboxylic acids is 1. The summed E-state index contributed by atoms with van der Waals surface area (Å²) in [4.78, 5) is 10.7. The number of carboxylic acid groups (broad SMARTS) is 1. The fourth-order valence-electron chi connectivity index (χ4n) is 2.01. The van der Waals surface area contributed by atoms with Gasteiger partial charge in [0.2, 0.25) is 0 Å². The lowest BCUT2D eigenvalue weighted by Gasteiger charge is -2.13. The smallest absolute Gasteiger partial charge is 0.304 e. The van der Waals surface area contributed by atoms with E-state index in [2.05, 4.69) is 0 Å². The Morgan fingerprint density at radius 1 is 1.56 bits per heavy atom. The third-order valence-electron chi connectivity index (χ3n) is 2.89. The Morgan fingerprint density at radius 2 is 2.38 bits per heavy atom. The van der Waals surface area contributed by atoms with E-state index in [1.165, 1.54) is 0 Å². The minimum absolute atomic E-state index is 0.0795. The maximum Gasteiger partial charge on any atom is 0.304 e. The highest BCUT2D eigenvalue weighted by molar-refractivity contribution is 5.68. The van der Waals surface area contributed by atoms with Gasteiger partial charge in [0.25, 0.3) is 0 Å². The Morgan fingerprint density at radius 3 is 3.06 bits per heavy atom. The number of carbonyl (C=O) groups is 1. The van der Waals surface area contributed by atoms with E-state index < -0.39 is 5.97 Å². The van der Waals surface area contributed by atoms with E-state index in [1.807, 2.05) is 18.2 Å². The lowest BCUT2D eigenvalue weighted by molar-refractivity contribution is -0.137. The molecule has 86 valence electrons. The molecule has 0 aliphatic carbocycles. The Hall–Kier alpha value is -1.55. The molecular weight excluding hydrogens is 206 g/mol. The van der Waals surface area contributed by atoms with E-state index in [-0.39, 0.29) is 12.3 Å². The van der Waals surface area contributed by atoms with Crippen LogP contribution in [0.2, 0.25) is 0 Å². The average molecular weight is 221 g/mol. The number of nitrogens with two attached hydrogens (primary N) is 1. The lowest BCUT2D eigenvalue weighted by atomic mass is 9.94. The molecule has 2 rings (SSSR count). The van der Waals surface area contributed by atoms with Gasteiger partial charge in [0.1, 0.15) is 5.75 Å². The first-order chi connectivity index (χ1) is 7.70. The molecule has 1 atom stereocenters. The van der Waals surface area contributed by atoms with Gasteiger partial charge in [-0.25, -0.2) is 0 Å². The topological polar surface area (TPSA) is 72.6 Å². The number of carboxylic acids is 1. The van der Waals surface area contributed by atoms with Crippen molar-refractivity contribution in [2.45, 2.75) is 18.8 Å². The van der Waals surface area contributed by atoms with Gasteiger partial charge in [-0.15, -0.1) is 0 Å². The molecule has 1 aromatic rings. The van der Waals surface area contributed by atoms with Crippen LogP contribution in [0.4, 0.5) is 0 Å². The molecule has 0 spiro atoms. The standard InChI is InChI=1S/C12H15NO3/c13-7-10(6-12(14)15)8-1-2-11-9(5-8)3-4-16-11/h1-2,5,10H,3-4,6-7,13H2,(H,14,15). The van der Waals surface area contributed by atoms with Gasteiger partial charge in [-0.2, -0.15) is 0 Å². The molecule has 1 aliphatic heterocycles. The minimum atomic E-state index is -0.813. The second kappa shape index (κ2) is 4.53. The van der Waals surface area contributed by atoms with E-state index in [4.69, 9.17) is 15.6 Å². The van der Waals surface area contributed by atoms with Crippen LogP contribution < -0.4 is 10.5 Å². The molecule has 0 bridgehead atoms. The van der Waals surface area contributed by atoms with Crippen molar-refractivity contribution < 1.29 is 14.6 Å². The summed E-state index contributed by atoms with van der Waals surface area (Å²) in [6, 6.07) is 5.83. The third-order valence-corrected chi connectivity index (χ3v) is 2.89. The van der Waals surface area contributed by atoms with Crippen LogP contribution in [0.15, 0.2) is 18.2 Å². The van der Waals surface area contributed by atoms with Gasteiger partial charge in [-0.1, -0.05) is 12.1 Å². The monoisotopic (exact) mass is 221 g/mol. The van der Waals surface area contributed by atoms with Crippen LogP contribution in [0.5, 0.6) is 5.75 Å². The van der Waals surface area contributed by atoms with Gasteiger partial charge in [0.15, 0.2) is 0 Å². The van der Waals surface area contributed by atoms with E-state index in [0.29, 0.717) is 13.2 Å². The Kier molecular flexibility index (Phi) is 3.10. The van der Waals surface area contributed by atoms with Crippen molar-refractivity contribution in [3.63, 3.8) is 0 Å². The largest absolute Gasteiger partial charge is 0.493 e. The molecule has 0 amide bonds. The number of ether oxygens (including phenoxy) is 1. The molecule has 1 aliphatic rings. The van der Waals surface area contributed by atoms with Crippen molar-refractivity contribution in [2.75, 3.05) is 13.2 Å². The third kappa shape index (κ3) is 2.17. The van der Waals surface area contributed by atoms with Crippen LogP contribution in [0.1, 0.15) is 23.5 Å². The quantitative estimate of drug-likeness (QED) is 0.799. The molecule has 1 unspecified atom stereocenters. The van der Waals surface area contributed by atoms with Gasteiger partial charge in [-0.3, -0.25) is 4.79 Å². The number of fused-ring (bicyclic) bond motifs is 1. The van der Waals surface area contributed by atoms with Gasteiger partial charge >= 0.3 is 5.97 Å². The first-order valence-corrected chi connectivity index (χ1v) is 5.38. The highest BCUT2D eigenvalue weighted by Gasteiger charge is 2.18. The van der Waals surface area contributed by atoms with E-state index in [0.717, 1.165) is 23.3 Å². The summed E-state index contributed by atoms with van der Waals surface area (Å²) in [5.74, 6) is -0.00885. The summed E-state index contributed by atoms with van der Waals surface area (Å²) in [6.07, 6.45) is 0.976. The van der Waals surface area contributed by atoms with Crippen molar-refractivity contribution in [1.82, 2.24) is 0 Å². The fourth-order valence-corrected chi connectivity index (χ4v) is 2.01.